The number of alkyl halides is 6. The van der Waals surface area contributed by atoms with Gasteiger partial charge in [0.15, 0.2) is 5.17 Å². The highest BCUT2D eigenvalue weighted by atomic mass is 32.2. The second kappa shape index (κ2) is 9.49. The molecular weight excluding hydrogens is 479 g/mol. The van der Waals surface area contributed by atoms with E-state index >= 15 is 0 Å². The molecule has 0 aliphatic carbocycles. The molecule has 1 aliphatic rings. The molecule has 33 heavy (non-hydrogen) atoms. The first-order valence-electron chi connectivity index (χ1n) is 9.26. The van der Waals surface area contributed by atoms with Gasteiger partial charge in [0, 0.05) is 0 Å². The van der Waals surface area contributed by atoms with Crippen LogP contribution in [0.3, 0.4) is 0 Å². The second-order valence-corrected chi connectivity index (χ2v) is 7.84. The molecule has 0 atom stereocenters. The summed E-state index contributed by atoms with van der Waals surface area (Å²) in [4.78, 5) is 18.1. The van der Waals surface area contributed by atoms with E-state index in [4.69, 9.17) is 0 Å². The highest BCUT2D eigenvalue weighted by Gasteiger charge is 2.41. The first-order chi connectivity index (χ1) is 15.3. The number of amidine groups is 1. The van der Waals surface area contributed by atoms with Gasteiger partial charge < -0.3 is 4.74 Å². The Hall–Kier alpha value is -2.96. The first kappa shape index (κ1) is 24.7. The van der Waals surface area contributed by atoms with Crippen LogP contribution in [0.5, 0.6) is 5.75 Å². The summed E-state index contributed by atoms with van der Waals surface area (Å²) in [6, 6.07) is 7.51. The van der Waals surface area contributed by atoms with Crippen molar-refractivity contribution in [2.45, 2.75) is 26.0 Å². The lowest BCUT2D eigenvalue weighted by Crippen LogP contribution is -2.53. The lowest BCUT2D eigenvalue weighted by atomic mass is 10.2. The minimum atomic E-state index is -4.86. The number of nitrogens with zero attached hydrogens (tertiary/aromatic N) is 3. The van der Waals surface area contributed by atoms with Crippen LogP contribution in [0, 0.1) is 12.7 Å². The first-order valence-corrected chi connectivity index (χ1v) is 10.2. The van der Waals surface area contributed by atoms with E-state index in [1.807, 2.05) is 0 Å². The molecule has 1 saturated heterocycles. The average molecular weight is 495 g/mol. The Balaban J connectivity index is 1.81. The summed E-state index contributed by atoms with van der Waals surface area (Å²) in [5.41, 5.74) is 0.794. The molecule has 0 N–H and O–H groups in total. The van der Waals surface area contributed by atoms with Gasteiger partial charge in [-0.3, -0.25) is 14.8 Å². The minimum Gasteiger partial charge on any atom is -0.406 e. The predicted octanol–water partition coefficient (Wildman–Crippen LogP) is 6.08. The van der Waals surface area contributed by atoms with Crippen molar-refractivity contribution in [1.29, 1.82) is 0 Å². The minimum absolute atomic E-state index is 0.162. The normalized spacial score (nSPS) is 16.5. The van der Waals surface area contributed by atoms with Crippen molar-refractivity contribution in [2.75, 3.05) is 17.3 Å². The van der Waals surface area contributed by atoms with E-state index < -0.39 is 36.7 Å². The molecule has 3 rings (SSSR count). The van der Waals surface area contributed by atoms with Crippen molar-refractivity contribution in [1.82, 2.24) is 4.90 Å². The summed E-state index contributed by atoms with van der Waals surface area (Å²) in [7, 11) is 0. The molecule has 2 amide bonds. The molecule has 0 spiro atoms. The van der Waals surface area contributed by atoms with Crippen molar-refractivity contribution >= 4 is 28.6 Å². The van der Waals surface area contributed by atoms with Crippen LogP contribution < -0.4 is 9.64 Å². The van der Waals surface area contributed by atoms with Crippen LogP contribution in [0.1, 0.15) is 11.1 Å². The number of ether oxygens (including phenoxy) is 1. The zero-order valence-corrected chi connectivity index (χ0v) is 17.7. The number of aliphatic imine (C=N–C) groups is 1. The number of anilines is 1. The maximum absolute atomic E-state index is 14.3. The van der Waals surface area contributed by atoms with E-state index in [2.05, 4.69) is 9.73 Å². The Morgan fingerprint density at radius 1 is 1.06 bits per heavy atom. The van der Waals surface area contributed by atoms with Crippen molar-refractivity contribution in [2.24, 2.45) is 4.99 Å². The van der Waals surface area contributed by atoms with Crippen molar-refractivity contribution < 1.29 is 40.3 Å². The van der Waals surface area contributed by atoms with Gasteiger partial charge in [-0.2, -0.15) is 13.2 Å². The van der Waals surface area contributed by atoms with Gasteiger partial charge in [-0.05, 0) is 42.3 Å². The third-order valence-electron chi connectivity index (χ3n) is 4.30. The van der Waals surface area contributed by atoms with Crippen LogP contribution in [0.2, 0.25) is 0 Å². The Morgan fingerprint density at radius 3 is 2.30 bits per heavy atom. The predicted molar refractivity (Wildman–Crippen MR) is 108 cm³/mol. The van der Waals surface area contributed by atoms with Gasteiger partial charge in [-0.25, -0.2) is 9.18 Å². The highest BCUT2D eigenvalue weighted by molar-refractivity contribution is 8.14. The molecule has 1 fully saturated rings. The zero-order chi connectivity index (χ0) is 24.4. The third-order valence-corrected chi connectivity index (χ3v) is 5.30. The number of carbonyl (C=O) groups excluding carboxylic acids is 1. The van der Waals surface area contributed by atoms with E-state index in [9.17, 15) is 35.5 Å². The average Bonchev–Trinajstić information content (AvgIpc) is 2.68. The molecule has 1 heterocycles. The molecule has 178 valence electrons. The number of amides is 2. The molecule has 2 aromatic carbocycles. The molecule has 0 saturated carbocycles. The van der Waals surface area contributed by atoms with E-state index in [0.29, 0.717) is 16.0 Å². The summed E-state index contributed by atoms with van der Waals surface area (Å²) < 4.78 is 94.2. The molecule has 13 heteroatoms. The Morgan fingerprint density at radius 2 is 1.73 bits per heavy atom. The maximum Gasteiger partial charge on any atom is 0.573 e. The van der Waals surface area contributed by atoms with Gasteiger partial charge in [0.05, 0.1) is 18.1 Å². The van der Waals surface area contributed by atoms with Crippen LogP contribution in [0.4, 0.5) is 41.2 Å². The molecule has 0 aromatic heterocycles. The van der Waals surface area contributed by atoms with Crippen molar-refractivity contribution in [3.8, 4) is 5.75 Å². The number of urea groups is 1. The van der Waals surface area contributed by atoms with Gasteiger partial charge in [-0.1, -0.05) is 30.0 Å². The van der Waals surface area contributed by atoms with Gasteiger partial charge >= 0.3 is 18.6 Å². The molecule has 0 radical (unpaired) electrons. The van der Waals surface area contributed by atoms with Crippen LogP contribution in [-0.4, -0.2) is 41.1 Å². The third kappa shape index (κ3) is 6.76. The molecule has 2 aromatic rings. The lowest BCUT2D eigenvalue weighted by Gasteiger charge is -2.36. The molecular formula is C20H16F7N3O2S. The standard InChI is InChI=1S/C20H16F7N3O2S/c1-12-2-7-16(15(21)8-12)30-11-33-17(29(18(30)31)10-19(22,23)24)28-9-13-3-5-14(6-4-13)32-20(25,26)27/h2-8H,9-11H2,1H3. The van der Waals surface area contributed by atoms with E-state index in [1.54, 1.807) is 6.92 Å². The summed E-state index contributed by atoms with van der Waals surface area (Å²) in [5, 5.41) is -0.239. The Bertz CT molecular complexity index is 1040. The summed E-state index contributed by atoms with van der Waals surface area (Å²) in [6.45, 7) is -0.211. The fraction of sp³-hybridized carbons (Fsp3) is 0.300. The molecule has 0 bridgehead atoms. The lowest BCUT2D eigenvalue weighted by molar-refractivity contribution is -0.274. The summed E-state index contributed by atoms with van der Waals surface area (Å²) in [5.74, 6) is -1.39. The smallest absolute Gasteiger partial charge is 0.406 e. The number of halogens is 7. The zero-order valence-electron chi connectivity index (χ0n) is 16.9. The number of carbonyl (C=O) groups is 1. The Labute approximate surface area is 187 Å². The molecule has 0 unspecified atom stereocenters. The summed E-state index contributed by atoms with van der Waals surface area (Å²) >= 11 is 0.803. The van der Waals surface area contributed by atoms with Gasteiger partial charge in [0.2, 0.25) is 0 Å². The van der Waals surface area contributed by atoms with Crippen molar-refractivity contribution in [3.05, 3.63) is 59.4 Å². The van der Waals surface area contributed by atoms with Crippen LogP contribution >= 0.6 is 11.8 Å². The molecule has 5 nitrogen and oxygen atoms in total. The fourth-order valence-electron chi connectivity index (χ4n) is 2.89. The number of thioether (sulfide) groups is 1. The number of hydrogen-bond acceptors (Lipinski definition) is 4. The number of aryl methyl sites for hydroxylation is 1. The second-order valence-electron chi connectivity index (χ2n) is 6.93. The van der Waals surface area contributed by atoms with E-state index in [0.717, 1.165) is 34.9 Å². The fourth-order valence-corrected chi connectivity index (χ4v) is 3.84. The maximum atomic E-state index is 14.3. The van der Waals surface area contributed by atoms with Crippen LogP contribution in [-0.2, 0) is 6.54 Å². The van der Waals surface area contributed by atoms with E-state index in [-0.39, 0.29) is 23.3 Å². The highest BCUT2D eigenvalue weighted by Crippen LogP contribution is 2.31. The number of benzene rings is 2. The van der Waals surface area contributed by atoms with Crippen LogP contribution in [0.15, 0.2) is 47.5 Å². The SMILES string of the molecule is Cc1ccc(N2CSC(=NCc3ccc(OC(F)(F)F)cc3)N(CC(F)(F)F)C2=O)c(F)c1. The monoisotopic (exact) mass is 495 g/mol. The topological polar surface area (TPSA) is 45.1 Å². The molecule has 1 aliphatic heterocycles. The van der Waals surface area contributed by atoms with Gasteiger partial charge in [-0.15, -0.1) is 13.2 Å². The largest absolute Gasteiger partial charge is 0.573 e. The number of rotatable bonds is 5. The quantitative estimate of drug-likeness (QED) is 0.472. The van der Waals surface area contributed by atoms with Gasteiger partial charge in [0.1, 0.15) is 18.1 Å². The Kier molecular flexibility index (Phi) is 7.10. The summed E-state index contributed by atoms with van der Waals surface area (Å²) in [6.07, 6.45) is -9.61. The van der Waals surface area contributed by atoms with E-state index in [1.165, 1.54) is 24.3 Å². The van der Waals surface area contributed by atoms with Crippen molar-refractivity contribution in [3.63, 3.8) is 0 Å². The van der Waals surface area contributed by atoms with Gasteiger partial charge in [0.25, 0.3) is 0 Å². The number of hydrogen-bond donors (Lipinski definition) is 0. The van der Waals surface area contributed by atoms with Crippen LogP contribution in [0.25, 0.3) is 0 Å².